The largest absolute Gasteiger partial charge is 0.384 e. The molecule has 0 amide bonds. The van der Waals surface area contributed by atoms with Gasteiger partial charge in [-0.3, -0.25) is 0 Å². The second-order valence-corrected chi connectivity index (χ2v) is 4.35. The molecule has 0 radical (unpaired) electrons. The van der Waals surface area contributed by atoms with Crippen LogP contribution in [0.1, 0.15) is 18.1 Å². The molecule has 72 valence electrons. The summed E-state index contributed by atoms with van der Waals surface area (Å²) in [7, 11) is 0. The summed E-state index contributed by atoms with van der Waals surface area (Å²) in [4.78, 5) is 0. The van der Waals surface area contributed by atoms with Crippen molar-refractivity contribution in [1.29, 1.82) is 0 Å². The third kappa shape index (κ3) is 2.30. The van der Waals surface area contributed by atoms with Gasteiger partial charge in [0, 0.05) is 11.0 Å². The topological polar surface area (TPSA) is 46.2 Å². The van der Waals surface area contributed by atoms with Gasteiger partial charge in [-0.2, -0.15) is 0 Å². The number of nitrogens with two attached hydrogens (primary N) is 1. The van der Waals surface area contributed by atoms with E-state index >= 15 is 0 Å². The molecule has 13 heavy (non-hydrogen) atoms. The normalized spacial score (nSPS) is 15.5. The Balaban J connectivity index is 3.16. The van der Waals surface area contributed by atoms with Gasteiger partial charge in [0.25, 0.3) is 0 Å². The van der Waals surface area contributed by atoms with Gasteiger partial charge in [0.05, 0.1) is 5.60 Å². The molecule has 0 aliphatic rings. The van der Waals surface area contributed by atoms with E-state index in [1.165, 1.54) is 0 Å². The van der Waals surface area contributed by atoms with E-state index in [9.17, 15) is 5.11 Å². The van der Waals surface area contributed by atoms with Gasteiger partial charge < -0.3 is 10.8 Å². The Morgan fingerprint density at radius 1 is 1.54 bits per heavy atom. The van der Waals surface area contributed by atoms with E-state index in [0.717, 1.165) is 15.6 Å². The van der Waals surface area contributed by atoms with Crippen LogP contribution in [0.4, 0.5) is 0 Å². The van der Waals surface area contributed by atoms with E-state index in [0.29, 0.717) is 0 Å². The van der Waals surface area contributed by atoms with Crippen LogP contribution < -0.4 is 5.73 Å². The van der Waals surface area contributed by atoms with Crippen molar-refractivity contribution in [3.05, 3.63) is 33.8 Å². The standard InChI is InChI=1S/C10H14BrNO/c1-7-5-8(11)3-4-9(7)10(2,13)6-12/h3-5,13H,6,12H2,1-2H3. The third-order valence-electron chi connectivity index (χ3n) is 2.17. The van der Waals surface area contributed by atoms with Crippen molar-refractivity contribution in [1.82, 2.24) is 0 Å². The average molecular weight is 244 g/mol. The molecule has 3 N–H and O–H groups in total. The Kier molecular flexibility index (Phi) is 3.11. The molecule has 0 aliphatic carbocycles. The van der Waals surface area contributed by atoms with E-state index in [-0.39, 0.29) is 6.54 Å². The lowest BCUT2D eigenvalue weighted by molar-refractivity contribution is 0.0662. The van der Waals surface area contributed by atoms with Crippen LogP contribution in [-0.4, -0.2) is 11.7 Å². The van der Waals surface area contributed by atoms with E-state index in [2.05, 4.69) is 15.9 Å². The predicted molar refractivity (Wildman–Crippen MR) is 57.5 cm³/mol. The van der Waals surface area contributed by atoms with Crippen molar-refractivity contribution in [2.45, 2.75) is 19.4 Å². The first-order chi connectivity index (χ1) is 5.97. The highest BCUT2D eigenvalue weighted by Gasteiger charge is 2.22. The quantitative estimate of drug-likeness (QED) is 0.834. The van der Waals surface area contributed by atoms with Gasteiger partial charge in [-0.1, -0.05) is 22.0 Å². The van der Waals surface area contributed by atoms with Gasteiger partial charge in [-0.25, -0.2) is 0 Å². The van der Waals surface area contributed by atoms with Crippen LogP contribution in [0.15, 0.2) is 22.7 Å². The highest BCUT2D eigenvalue weighted by molar-refractivity contribution is 9.10. The van der Waals surface area contributed by atoms with Gasteiger partial charge in [-0.15, -0.1) is 0 Å². The summed E-state index contributed by atoms with van der Waals surface area (Å²) in [5.74, 6) is 0. The van der Waals surface area contributed by atoms with Crippen LogP contribution in [0.2, 0.25) is 0 Å². The minimum absolute atomic E-state index is 0.232. The van der Waals surface area contributed by atoms with Crippen LogP contribution in [0.25, 0.3) is 0 Å². The van der Waals surface area contributed by atoms with Gasteiger partial charge >= 0.3 is 0 Å². The number of hydrogen-bond donors (Lipinski definition) is 2. The van der Waals surface area contributed by atoms with Crippen molar-refractivity contribution >= 4 is 15.9 Å². The number of rotatable bonds is 2. The maximum atomic E-state index is 9.93. The zero-order valence-corrected chi connectivity index (χ0v) is 9.43. The zero-order valence-electron chi connectivity index (χ0n) is 7.84. The van der Waals surface area contributed by atoms with Gasteiger partial charge in [0.2, 0.25) is 0 Å². The fourth-order valence-electron chi connectivity index (χ4n) is 1.34. The van der Waals surface area contributed by atoms with E-state index < -0.39 is 5.60 Å². The summed E-state index contributed by atoms with van der Waals surface area (Å²) in [5.41, 5.74) is 6.49. The first kappa shape index (κ1) is 10.7. The van der Waals surface area contributed by atoms with Crippen molar-refractivity contribution in [3.63, 3.8) is 0 Å². The van der Waals surface area contributed by atoms with E-state index in [4.69, 9.17) is 5.73 Å². The molecule has 1 unspecified atom stereocenters. The molecule has 0 aromatic heterocycles. The molecule has 0 bridgehead atoms. The fraction of sp³-hybridized carbons (Fsp3) is 0.400. The molecule has 1 aromatic rings. The van der Waals surface area contributed by atoms with Crippen molar-refractivity contribution in [3.8, 4) is 0 Å². The Hall–Kier alpha value is -0.380. The van der Waals surface area contributed by atoms with Crippen molar-refractivity contribution in [2.24, 2.45) is 5.73 Å². The molecule has 1 aromatic carbocycles. The first-order valence-electron chi connectivity index (χ1n) is 4.16. The number of hydrogen-bond acceptors (Lipinski definition) is 2. The monoisotopic (exact) mass is 243 g/mol. The van der Waals surface area contributed by atoms with E-state index in [1.54, 1.807) is 6.92 Å². The molecule has 0 heterocycles. The molecular weight excluding hydrogens is 230 g/mol. The zero-order chi connectivity index (χ0) is 10.1. The van der Waals surface area contributed by atoms with Crippen molar-refractivity contribution in [2.75, 3.05) is 6.54 Å². The molecule has 1 rings (SSSR count). The number of aliphatic hydroxyl groups is 1. The number of aryl methyl sites for hydroxylation is 1. The lowest BCUT2D eigenvalue weighted by atomic mass is 9.92. The Morgan fingerprint density at radius 2 is 2.15 bits per heavy atom. The molecule has 0 saturated carbocycles. The van der Waals surface area contributed by atoms with Gasteiger partial charge in [0.15, 0.2) is 0 Å². The van der Waals surface area contributed by atoms with Crippen LogP contribution >= 0.6 is 15.9 Å². The van der Waals surface area contributed by atoms with Crippen LogP contribution in [0.5, 0.6) is 0 Å². The maximum absolute atomic E-state index is 9.93. The van der Waals surface area contributed by atoms with Crippen LogP contribution in [0, 0.1) is 6.92 Å². The molecule has 2 nitrogen and oxygen atoms in total. The smallest absolute Gasteiger partial charge is 0.0992 e. The highest BCUT2D eigenvalue weighted by Crippen LogP contribution is 2.25. The summed E-state index contributed by atoms with van der Waals surface area (Å²) >= 11 is 3.37. The predicted octanol–water partition coefficient (Wildman–Crippen LogP) is 1.92. The molecular formula is C10H14BrNO. The number of benzene rings is 1. The summed E-state index contributed by atoms with van der Waals surface area (Å²) in [6.07, 6.45) is 0. The van der Waals surface area contributed by atoms with Crippen LogP contribution in [0.3, 0.4) is 0 Å². The summed E-state index contributed by atoms with van der Waals surface area (Å²) in [6, 6.07) is 5.78. The molecule has 0 saturated heterocycles. The maximum Gasteiger partial charge on any atom is 0.0992 e. The second-order valence-electron chi connectivity index (χ2n) is 3.44. The fourth-order valence-corrected chi connectivity index (χ4v) is 1.82. The third-order valence-corrected chi connectivity index (χ3v) is 2.66. The minimum Gasteiger partial charge on any atom is -0.384 e. The molecule has 3 heteroatoms. The Morgan fingerprint density at radius 3 is 2.62 bits per heavy atom. The average Bonchev–Trinajstić information content (AvgIpc) is 2.03. The van der Waals surface area contributed by atoms with E-state index in [1.807, 2.05) is 25.1 Å². The van der Waals surface area contributed by atoms with Gasteiger partial charge in [0.1, 0.15) is 0 Å². The van der Waals surface area contributed by atoms with Gasteiger partial charge in [-0.05, 0) is 37.1 Å². The lowest BCUT2D eigenvalue weighted by Crippen LogP contribution is -2.31. The molecule has 0 aliphatic heterocycles. The Labute approximate surface area is 86.9 Å². The highest BCUT2D eigenvalue weighted by atomic mass is 79.9. The van der Waals surface area contributed by atoms with Crippen molar-refractivity contribution < 1.29 is 5.11 Å². The minimum atomic E-state index is -0.926. The first-order valence-corrected chi connectivity index (χ1v) is 4.96. The summed E-state index contributed by atoms with van der Waals surface area (Å²) in [5, 5.41) is 9.93. The molecule has 0 fully saturated rings. The number of halogens is 1. The SMILES string of the molecule is Cc1cc(Br)ccc1C(C)(O)CN. The van der Waals surface area contributed by atoms with Crippen LogP contribution in [-0.2, 0) is 5.60 Å². The lowest BCUT2D eigenvalue weighted by Gasteiger charge is -2.23. The summed E-state index contributed by atoms with van der Waals surface area (Å²) < 4.78 is 1.02. The Bertz CT molecular complexity index is 310. The molecule has 1 atom stereocenters. The second kappa shape index (κ2) is 3.78. The molecule has 0 spiro atoms. The summed E-state index contributed by atoms with van der Waals surface area (Å²) in [6.45, 7) is 3.92.